The van der Waals surface area contributed by atoms with Gasteiger partial charge in [0.15, 0.2) is 0 Å². The van der Waals surface area contributed by atoms with E-state index in [1.165, 1.54) is 19.1 Å². The van der Waals surface area contributed by atoms with Crippen molar-refractivity contribution < 1.29 is 35.9 Å². The van der Waals surface area contributed by atoms with Gasteiger partial charge in [-0.2, -0.15) is 13.2 Å². The van der Waals surface area contributed by atoms with Crippen molar-refractivity contribution in [3.8, 4) is 17.1 Å². The van der Waals surface area contributed by atoms with Gasteiger partial charge in [-0.25, -0.2) is 4.98 Å². The van der Waals surface area contributed by atoms with Crippen LogP contribution in [0.1, 0.15) is 21.7 Å². The van der Waals surface area contributed by atoms with E-state index in [1.54, 1.807) is 30.3 Å². The SMILES string of the molecule is Cc1nc(-c2ccc(OC(F)(F)F)cc2)n(Cc2ccccc2)c1C(=O)C(F)(F)F. The van der Waals surface area contributed by atoms with E-state index < -0.39 is 29.8 Å². The molecule has 4 nitrogen and oxygen atoms in total. The zero-order valence-corrected chi connectivity index (χ0v) is 15.4. The summed E-state index contributed by atoms with van der Waals surface area (Å²) in [4.78, 5) is 16.1. The molecular weight excluding hydrogens is 414 g/mol. The van der Waals surface area contributed by atoms with E-state index in [2.05, 4.69) is 9.72 Å². The Morgan fingerprint density at radius 1 is 0.967 bits per heavy atom. The summed E-state index contributed by atoms with van der Waals surface area (Å²) in [7, 11) is 0. The predicted octanol–water partition coefficient (Wildman–Crippen LogP) is 5.55. The summed E-state index contributed by atoms with van der Waals surface area (Å²) in [6.45, 7) is 1.18. The average Bonchev–Trinajstić information content (AvgIpc) is 2.96. The minimum Gasteiger partial charge on any atom is -0.406 e. The first-order valence-corrected chi connectivity index (χ1v) is 8.54. The molecule has 158 valence electrons. The smallest absolute Gasteiger partial charge is 0.406 e. The van der Waals surface area contributed by atoms with Gasteiger partial charge in [-0.05, 0) is 36.8 Å². The summed E-state index contributed by atoms with van der Waals surface area (Å²) < 4.78 is 81.4. The van der Waals surface area contributed by atoms with Crippen LogP contribution in [0.4, 0.5) is 26.3 Å². The van der Waals surface area contributed by atoms with Crippen LogP contribution < -0.4 is 4.74 Å². The third kappa shape index (κ3) is 4.81. The molecule has 0 bridgehead atoms. The van der Waals surface area contributed by atoms with Crippen molar-refractivity contribution in [2.45, 2.75) is 26.0 Å². The highest BCUT2D eigenvalue weighted by Gasteiger charge is 2.43. The van der Waals surface area contributed by atoms with Crippen molar-refractivity contribution in [2.75, 3.05) is 0 Å². The van der Waals surface area contributed by atoms with Crippen LogP contribution in [0.15, 0.2) is 54.6 Å². The molecule has 0 radical (unpaired) electrons. The number of nitrogens with zero attached hydrogens (tertiary/aromatic N) is 2. The summed E-state index contributed by atoms with van der Waals surface area (Å²) in [5, 5.41) is 0. The predicted molar refractivity (Wildman–Crippen MR) is 95.0 cm³/mol. The van der Waals surface area contributed by atoms with Crippen LogP contribution in [-0.2, 0) is 6.54 Å². The third-order valence-corrected chi connectivity index (χ3v) is 4.14. The lowest BCUT2D eigenvalue weighted by Crippen LogP contribution is -2.26. The van der Waals surface area contributed by atoms with Crippen molar-refractivity contribution >= 4 is 5.78 Å². The Balaban J connectivity index is 2.09. The number of aryl methyl sites for hydroxylation is 1. The van der Waals surface area contributed by atoms with Crippen LogP contribution in [0.5, 0.6) is 5.75 Å². The molecule has 3 rings (SSSR count). The Morgan fingerprint density at radius 2 is 1.57 bits per heavy atom. The van der Waals surface area contributed by atoms with Gasteiger partial charge in [-0.3, -0.25) is 4.79 Å². The molecular formula is C20H14F6N2O2. The standard InChI is InChI=1S/C20H14F6N2O2/c1-12-16(17(29)19(21,22)23)28(11-13-5-3-2-4-6-13)18(27-12)14-7-9-15(10-8-14)30-20(24,25)26/h2-10H,11H2,1H3. The van der Waals surface area contributed by atoms with Gasteiger partial charge >= 0.3 is 12.5 Å². The lowest BCUT2D eigenvalue weighted by Gasteiger charge is -2.14. The molecule has 1 aromatic heterocycles. The van der Waals surface area contributed by atoms with Gasteiger partial charge in [0.05, 0.1) is 5.69 Å². The number of ether oxygens (including phenoxy) is 1. The lowest BCUT2D eigenvalue weighted by atomic mass is 10.1. The second-order valence-corrected chi connectivity index (χ2v) is 6.34. The highest BCUT2D eigenvalue weighted by atomic mass is 19.4. The van der Waals surface area contributed by atoms with Crippen molar-refractivity contribution in [2.24, 2.45) is 0 Å². The number of halogens is 6. The van der Waals surface area contributed by atoms with Gasteiger partial charge < -0.3 is 9.30 Å². The van der Waals surface area contributed by atoms with Gasteiger partial charge in [0, 0.05) is 12.1 Å². The molecule has 0 aliphatic heterocycles. The van der Waals surface area contributed by atoms with E-state index in [1.807, 2.05) is 0 Å². The minimum absolute atomic E-state index is 0.0162. The third-order valence-electron chi connectivity index (χ3n) is 4.14. The maximum absolute atomic E-state index is 13.1. The van der Waals surface area contributed by atoms with Crippen LogP contribution in [0.2, 0.25) is 0 Å². The van der Waals surface area contributed by atoms with Gasteiger partial charge in [0.2, 0.25) is 0 Å². The quantitative estimate of drug-likeness (QED) is 0.395. The molecule has 30 heavy (non-hydrogen) atoms. The molecule has 0 aliphatic rings. The van der Waals surface area contributed by atoms with E-state index in [9.17, 15) is 31.1 Å². The first-order chi connectivity index (χ1) is 14.0. The van der Waals surface area contributed by atoms with E-state index in [-0.39, 0.29) is 23.6 Å². The van der Waals surface area contributed by atoms with Crippen LogP contribution in [-0.4, -0.2) is 27.9 Å². The maximum Gasteiger partial charge on any atom is 0.573 e. The molecule has 0 fully saturated rings. The number of alkyl halides is 6. The highest BCUT2D eigenvalue weighted by molar-refractivity contribution is 6.00. The summed E-state index contributed by atoms with van der Waals surface area (Å²) >= 11 is 0. The Kier molecular flexibility index (Phi) is 5.60. The number of hydrogen-bond donors (Lipinski definition) is 0. The fraction of sp³-hybridized carbons (Fsp3) is 0.200. The van der Waals surface area contributed by atoms with Crippen LogP contribution in [0.25, 0.3) is 11.4 Å². The average molecular weight is 428 g/mol. The Hall–Kier alpha value is -3.30. The van der Waals surface area contributed by atoms with E-state index in [4.69, 9.17) is 0 Å². The van der Waals surface area contributed by atoms with Crippen molar-refractivity contribution in [1.82, 2.24) is 9.55 Å². The Labute approximate surface area is 166 Å². The lowest BCUT2D eigenvalue weighted by molar-refractivity contribution is -0.274. The normalized spacial score (nSPS) is 12.1. The Morgan fingerprint density at radius 3 is 2.10 bits per heavy atom. The van der Waals surface area contributed by atoms with Crippen molar-refractivity contribution in [1.29, 1.82) is 0 Å². The van der Waals surface area contributed by atoms with Crippen LogP contribution in [0, 0.1) is 6.92 Å². The first-order valence-electron chi connectivity index (χ1n) is 8.54. The number of benzene rings is 2. The molecule has 0 N–H and O–H groups in total. The zero-order chi connectivity index (χ0) is 22.1. The monoisotopic (exact) mass is 428 g/mol. The number of imidazole rings is 1. The van der Waals surface area contributed by atoms with Crippen molar-refractivity contribution in [3.63, 3.8) is 0 Å². The second-order valence-electron chi connectivity index (χ2n) is 6.34. The molecule has 3 aromatic rings. The Bertz CT molecular complexity index is 1040. The number of hydrogen-bond acceptors (Lipinski definition) is 3. The largest absolute Gasteiger partial charge is 0.573 e. The molecule has 2 aromatic carbocycles. The highest BCUT2D eigenvalue weighted by Crippen LogP contribution is 2.31. The molecule has 0 unspecified atom stereocenters. The summed E-state index contributed by atoms with van der Waals surface area (Å²) in [6.07, 6.45) is -9.99. The van der Waals surface area contributed by atoms with Crippen LogP contribution in [0.3, 0.4) is 0 Å². The molecule has 1 heterocycles. The molecule has 0 spiro atoms. The van der Waals surface area contributed by atoms with E-state index in [0.717, 1.165) is 16.7 Å². The topological polar surface area (TPSA) is 44.1 Å². The number of Topliss-reactive ketones (excluding diaryl/α,β-unsaturated/α-hetero) is 1. The van der Waals surface area contributed by atoms with E-state index in [0.29, 0.717) is 5.56 Å². The molecule has 0 amide bonds. The number of carbonyl (C=O) groups is 1. The van der Waals surface area contributed by atoms with Gasteiger partial charge in [-0.15, -0.1) is 13.2 Å². The van der Waals surface area contributed by atoms with Crippen LogP contribution >= 0.6 is 0 Å². The second kappa shape index (κ2) is 7.85. The number of rotatable bonds is 5. The zero-order valence-electron chi connectivity index (χ0n) is 15.4. The van der Waals surface area contributed by atoms with E-state index >= 15 is 0 Å². The summed E-state index contributed by atoms with van der Waals surface area (Å²) in [5.74, 6) is -2.52. The summed E-state index contributed by atoms with van der Waals surface area (Å²) in [6, 6.07) is 12.9. The van der Waals surface area contributed by atoms with Gasteiger partial charge in [0.1, 0.15) is 17.3 Å². The van der Waals surface area contributed by atoms with Gasteiger partial charge in [-0.1, -0.05) is 30.3 Å². The fourth-order valence-corrected chi connectivity index (χ4v) is 2.94. The maximum atomic E-state index is 13.1. The molecule has 0 saturated heterocycles. The van der Waals surface area contributed by atoms with Gasteiger partial charge in [0.25, 0.3) is 5.78 Å². The molecule has 10 heteroatoms. The number of aromatic nitrogens is 2. The molecule has 0 saturated carbocycles. The van der Waals surface area contributed by atoms with Crippen molar-refractivity contribution in [3.05, 3.63) is 71.5 Å². The number of carbonyl (C=O) groups excluding carboxylic acids is 1. The first kappa shape index (κ1) is 21.4. The fourth-order valence-electron chi connectivity index (χ4n) is 2.94. The summed E-state index contributed by atoms with van der Waals surface area (Å²) in [5.41, 5.74) is 0.0741. The molecule has 0 aliphatic carbocycles. The minimum atomic E-state index is -5.11. The number of ketones is 1. The molecule has 0 atom stereocenters.